The molecule has 5 heterocycles. The molecule has 5 rings (SSSR count). The Hall–Kier alpha value is -1.83. The zero-order valence-corrected chi connectivity index (χ0v) is 28.9. The number of hydrogen-bond acceptors (Lipinski definition) is 8. The van der Waals surface area contributed by atoms with Crippen LogP contribution in [0, 0.1) is 11.8 Å². The zero-order chi connectivity index (χ0) is 32.0. The fraction of sp³-hybridized carbons (Fsp3) is 0.765. The van der Waals surface area contributed by atoms with Crippen molar-refractivity contribution in [3.63, 3.8) is 0 Å². The van der Waals surface area contributed by atoms with Crippen LogP contribution in [0.15, 0.2) is 33.4 Å². The summed E-state index contributed by atoms with van der Waals surface area (Å²) in [6, 6.07) is 0.414. The maximum atomic E-state index is 11.7. The largest absolute Gasteiger partial charge is 0.481 e. The van der Waals surface area contributed by atoms with Gasteiger partial charge in [0, 0.05) is 61.2 Å². The molecule has 11 nitrogen and oxygen atoms in total. The Kier molecular flexibility index (Phi) is 13.1. The number of aliphatic hydroxyl groups excluding tert-OH is 2. The van der Waals surface area contributed by atoms with Gasteiger partial charge in [0.15, 0.2) is 0 Å². The van der Waals surface area contributed by atoms with Gasteiger partial charge in [0.25, 0.3) is 0 Å². The van der Waals surface area contributed by atoms with Crippen LogP contribution in [0.3, 0.4) is 0 Å². The minimum atomic E-state index is -0.807. The predicted molar refractivity (Wildman–Crippen MR) is 180 cm³/mol. The molecule has 0 saturated carbocycles. The van der Waals surface area contributed by atoms with E-state index in [1.807, 2.05) is 13.8 Å². The highest BCUT2D eigenvalue weighted by atomic mass is 35.5. The van der Waals surface area contributed by atoms with Gasteiger partial charge in [-0.25, -0.2) is 0 Å². The third kappa shape index (κ3) is 7.73. The number of carboxylic acids is 2. The first-order chi connectivity index (χ1) is 20.8. The second kappa shape index (κ2) is 15.6. The Morgan fingerprint density at radius 2 is 1.15 bits per heavy atom. The van der Waals surface area contributed by atoms with Crippen LogP contribution >= 0.6 is 12.4 Å². The summed E-state index contributed by atoms with van der Waals surface area (Å²) in [7, 11) is 0. The molecule has 8 bridgehead atoms. The van der Waals surface area contributed by atoms with Gasteiger partial charge in [0.1, 0.15) is 0 Å². The molecule has 12 atom stereocenters. The van der Waals surface area contributed by atoms with Crippen LogP contribution in [0.5, 0.6) is 0 Å². The lowest BCUT2D eigenvalue weighted by Gasteiger charge is -2.28. The van der Waals surface area contributed by atoms with Crippen molar-refractivity contribution in [3.8, 4) is 0 Å². The van der Waals surface area contributed by atoms with Crippen LogP contribution < -0.4 is 21.3 Å². The molecule has 10 N–H and O–H groups in total. The van der Waals surface area contributed by atoms with Crippen molar-refractivity contribution in [1.82, 2.24) is 21.3 Å². The fourth-order valence-corrected chi connectivity index (χ4v) is 9.50. The smallest absolute Gasteiger partial charge is 0.303 e. The van der Waals surface area contributed by atoms with Gasteiger partial charge >= 0.3 is 11.9 Å². The molecule has 0 aliphatic carbocycles. The second-order valence-electron chi connectivity index (χ2n) is 14.3. The van der Waals surface area contributed by atoms with E-state index in [9.17, 15) is 30.0 Å². The van der Waals surface area contributed by atoms with Crippen molar-refractivity contribution in [3.05, 3.63) is 33.4 Å². The summed E-state index contributed by atoms with van der Waals surface area (Å²) in [5.74, 6) is -1.19. The Morgan fingerprint density at radius 3 is 1.67 bits per heavy atom. The van der Waals surface area contributed by atoms with Crippen LogP contribution in [0.4, 0.5) is 0 Å². The van der Waals surface area contributed by atoms with Gasteiger partial charge in [0.05, 0.1) is 12.2 Å². The van der Waals surface area contributed by atoms with E-state index in [2.05, 4.69) is 49.0 Å². The van der Waals surface area contributed by atoms with Crippen molar-refractivity contribution in [1.29, 1.82) is 0 Å². The molecule has 0 amide bonds. The molecule has 12 heteroatoms. The first kappa shape index (κ1) is 38.6. The monoisotopic (exact) mass is 668 g/mol. The van der Waals surface area contributed by atoms with Gasteiger partial charge in [-0.05, 0) is 96.1 Å². The van der Waals surface area contributed by atoms with Crippen LogP contribution in [0.2, 0.25) is 0 Å². The minimum Gasteiger partial charge on any atom is -0.481 e. The van der Waals surface area contributed by atoms with Gasteiger partial charge in [-0.2, -0.15) is 0 Å². The molecule has 2 saturated heterocycles. The van der Waals surface area contributed by atoms with Gasteiger partial charge in [-0.1, -0.05) is 29.2 Å². The number of rotatable bonds is 8. The van der Waals surface area contributed by atoms with Crippen molar-refractivity contribution in [2.45, 2.75) is 153 Å². The lowest BCUT2D eigenvalue weighted by molar-refractivity contribution is -0.138. The molecular formula is C34H57ClN4O7. The highest BCUT2D eigenvalue weighted by molar-refractivity contribution is 5.85. The van der Waals surface area contributed by atoms with Gasteiger partial charge in [0.2, 0.25) is 0 Å². The Bertz CT molecular complexity index is 1230. The third-order valence-corrected chi connectivity index (χ3v) is 11.7. The number of carbonyl (C=O) groups is 2. The van der Waals surface area contributed by atoms with E-state index in [-0.39, 0.29) is 90.9 Å². The van der Waals surface area contributed by atoms with Crippen LogP contribution in [0.25, 0.3) is 0 Å². The molecule has 262 valence electrons. The molecule has 5 aliphatic heterocycles. The number of halogens is 1. The fourth-order valence-electron chi connectivity index (χ4n) is 9.50. The van der Waals surface area contributed by atoms with E-state index in [1.54, 1.807) is 0 Å². The molecule has 0 aromatic carbocycles. The molecule has 12 unspecified atom stereocenters. The minimum absolute atomic E-state index is 0. The van der Waals surface area contributed by atoms with E-state index in [1.165, 1.54) is 22.3 Å². The number of carboxylic acid groups (broad SMARTS) is 2. The average molecular weight is 669 g/mol. The SMILES string of the molecule is CC1=C(CCC(=O)O)C2CC3NC(CC4NC(CC5NC(CC1N2)C(C)=C5C(C)O)C(C)=C4C(C)O)C(C)C3CCC(=O)O.Cl.O. The summed E-state index contributed by atoms with van der Waals surface area (Å²) in [6.45, 7) is 12.3. The standard InChI is InChI=1S/C34H54N4O6.ClH.H2O/c1-15-21(7-9-31(41)42)27-14-28-22(8-10-32(43)44)16(2)24(36-28)12-29-34(20(6)40)18(4)26(38-29)13-30-33(19(5)39)17(3)25(37-30)11-23(15)35-27;;/h16,19-20,22-30,35-40H,7-14H2,1-6H3,(H,41,42)(H,43,44);1H;1H2. The van der Waals surface area contributed by atoms with Crippen molar-refractivity contribution in [2.75, 3.05) is 0 Å². The second-order valence-corrected chi connectivity index (χ2v) is 14.3. The Morgan fingerprint density at radius 1 is 0.696 bits per heavy atom. The highest BCUT2D eigenvalue weighted by Gasteiger charge is 2.46. The number of aliphatic hydroxyl groups is 2. The summed E-state index contributed by atoms with van der Waals surface area (Å²) in [4.78, 5) is 23.3. The van der Waals surface area contributed by atoms with E-state index < -0.39 is 24.1 Å². The number of hydrogen-bond donors (Lipinski definition) is 8. The number of nitrogens with one attached hydrogen (secondary N) is 4. The summed E-state index contributed by atoms with van der Waals surface area (Å²) >= 11 is 0. The predicted octanol–water partition coefficient (Wildman–Crippen LogP) is 2.21. The van der Waals surface area contributed by atoms with E-state index in [0.29, 0.717) is 12.8 Å². The Labute approximate surface area is 279 Å². The first-order valence-electron chi connectivity index (χ1n) is 16.7. The van der Waals surface area contributed by atoms with Gasteiger partial charge < -0.3 is 47.2 Å². The molecule has 0 aromatic rings. The summed E-state index contributed by atoms with van der Waals surface area (Å²) < 4.78 is 0. The molecule has 0 aromatic heterocycles. The van der Waals surface area contributed by atoms with Gasteiger partial charge in [-0.3, -0.25) is 9.59 Å². The van der Waals surface area contributed by atoms with E-state index in [0.717, 1.165) is 36.8 Å². The molecule has 5 aliphatic rings. The normalized spacial score (nSPS) is 37.2. The lowest BCUT2D eigenvalue weighted by atomic mass is 9.80. The van der Waals surface area contributed by atoms with Crippen molar-refractivity contribution in [2.24, 2.45) is 11.8 Å². The topological polar surface area (TPSA) is 195 Å². The summed E-state index contributed by atoms with van der Waals surface area (Å²) in [5.41, 5.74) is 6.82. The van der Waals surface area contributed by atoms with E-state index in [4.69, 9.17) is 0 Å². The Balaban J connectivity index is 0.00000288. The van der Waals surface area contributed by atoms with E-state index >= 15 is 0 Å². The van der Waals surface area contributed by atoms with Crippen LogP contribution in [-0.4, -0.2) is 98.4 Å². The summed E-state index contributed by atoms with van der Waals surface area (Å²) in [6.07, 6.45) is 3.23. The average Bonchev–Trinajstić information content (AvgIpc) is 3.59. The molecule has 0 radical (unpaired) electrons. The maximum absolute atomic E-state index is 11.7. The maximum Gasteiger partial charge on any atom is 0.303 e. The molecular weight excluding hydrogens is 612 g/mol. The van der Waals surface area contributed by atoms with Crippen molar-refractivity contribution < 1.29 is 35.5 Å². The zero-order valence-electron chi connectivity index (χ0n) is 28.1. The quantitative estimate of drug-likeness (QED) is 0.178. The molecule has 46 heavy (non-hydrogen) atoms. The number of fused-ring (bicyclic) bond motifs is 8. The molecule has 2 fully saturated rings. The van der Waals surface area contributed by atoms with Crippen LogP contribution in [-0.2, 0) is 9.59 Å². The summed E-state index contributed by atoms with van der Waals surface area (Å²) in [5, 5.41) is 56.5. The van der Waals surface area contributed by atoms with Crippen LogP contribution in [0.1, 0.15) is 92.9 Å². The third-order valence-electron chi connectivity index (χ3n) is 11.7. The number of aliphatic carboxylic acids is 2. The highest BCUT2D eigenvalue weighted by Crippen LogP contribution is 2.41. The first-order valence-corrected chi connectivity index (χ1v) is 16.7. The lowest BCUT2D eigenvalue weighted by Crippen LogP contribution is -2.46. The molecule has 0 spiro atoms. The van der Waals surface area contributed by atoms with Gasteiger partial charge in [-0.15, -0.1) is 12.4 Å². The van der Waals surface area contributed by atoms with Crippen molar-refractivity contribution >= 4 is 24.3 Å².